The van der Waals surface area contributed by atoms with Gasteiger partial charge in [-0.25, -0.2) is 0 Å². The molecular formula is C19H20FO3PSe. The predicted molar refractivity (Wildman–Crippen MR) is 99.7 cm³/mol. The first kappa shape index (κ1) is 18.4. The first-order valence-corrected chi connectivity index (χ1v) is 11.6. The topological polar surface area (TPSA) is 35.5 Å². The molecule has 1 unspecified atom stereocenters. The van der Waals surface area contributed by atoms with Crippen LogP contribution in [0.15, 0.2) is 53.0 Å². The van der Waals surface area contributed by atoms with E-state index in [4.69, 9.17) is 9.05 Å². The molecule has 0 fully saturated rings. The molecule has 0 radical (unpaired) electrons. The van der Waals surface area contributed by atoms with E-state index in [1.807, 2.05) is 18.2 Å². The Morgan fingerprint density at radius 3 is 2.68 bits per heavy atom. The second kappa shape index (κ2) is 7.88. The van der Waals surface area contributed by atoms with Gasteiger partial charge in [0.1, 0.15) is 0 Å². The van der Waals surface area contributed by atoms with Crippen LogP contribution in [-0.4, -0.2) is 27.7 Å². The van der Waals surface area contributed by atoms with Gasteiger partial charge in [0.05, 0.1) is 0 Å². The summed E-state index contributed by atoms with van der Waals surface area (Å²) in [5.74, 6) is 0.332. The first-order valence-electron chi connectivity index (χ1n) is 8.16. The Bertz CT molecular complexity index is 836. The molecule has 0 aromatic heterocycles. The van der Waals surface area contributed by atoms with Crippen LogP contribution in [0, 0.1) is 12.7 Å². The van der Waals surface area contributed by atoms with Crippen LogP contribution in [0.2, 0.25) is 0 Å². The van der Waals surface area contributed by atoms with Crippen LogP contribution in [0.4, 0.5) is 4.39 Å². The van der Waals surface area contributed by atoms with Gasteiger partial charge in [0.2, 0.25) is 0 Å². The summed E-state index contributed by atoms with van der Waals surface area (Å²) < 4.78 is 40.1. The van der Waals surface area contributed by atoms with E-state index in [2.05, 4.69) is 12.1 Å². The van der Waals surface area contributed by atoms with Gasteiger partial charge in [-0.15, -0.1) is 0 Å². The molecule has 2 aromatic carbocycles. The third-order valence-electron chi connectivity index (χ3n) is 3.83. The number of hydrogen-bond acceptors (Lipinski definition) is 3. The van der Waals surface area contributed by atoms with E-state index >= 15 is 0 Å². The van der Waals surface area contributed by atoms with Gasteiger partial charge < -0.3 is 0 Å². The molecule has 0 saturated carbocycles. The summed E-state index contributed by atoms with van der Waals surface area (Å²) in [6, 6.07) is 15.0. The molecule has 3 rings (SSSR count). The SMILES string of the molecule is CCOP1(=O)CCC([Se]c2ccccc2)=C(c2ccc(F)c(C)c2)O1. The standard InChI is InChI=1S/C19H20FO3PSe/c1-3-22-24(21)12-11-18(25-16-7-5-4-6-8-16)19(23-24)15-9-10-17(20)14(2)13-15/h4-10,13H,3,11-12H2,1-2H3. The predicted octanol–water partition coefficient (Wildman–Crippen LogP) is 4.48. The van der Waals surface area contributed by atoms with Crippen LogP contribution < -0.4 is 4.46 Å². The number of rotatable bonds is 5. The molecule has 25 heavy (non-hydrogen) atoms. The molecule has 132 valence electrons. The molecule has 3 nitrogen and oxygen atoms in total. The molecule has 0 N–H and O–H groups in total. The van der Waals surface area contributed by atoms with Gasteiger partial charge in [-0.3, -0.25) is 0 Å². The molecule has 6 heteroatoms. The van der Waals surface area contributed by atoms with E-state index in [1.165, 1.54) is 10.5 Å². The average molecular weight is 425 g/mol. The van der Waals surface area contributed by atoms with Gasteiger partial charge in [0.25, 0.3) is 0 Å². The molecule has 1 heterocycles. The van der Waals surface area contributed by atoms with Crippen molar-refractivity contribution in [2.24, 2.45) is 0 Å². The summed E-state index contributed by atoms with van der Waals surface area (Å²) in [5, 5.41) is 0. The number of benzene rings is 2. The van der Waals surface area contributed by atoms with Crippen molar-refractivity contribution in [3.63, 3.8) is 0 Å². The normalized spacial score (nSPS) is 20.4. The molecule has 0 aliphatic carbocycles. The quantitative estimate of drug-likeness (QED) is 0.524. The molecule has 0 amide bonds. The second-order valence-corrected chi connectivity index (χ2v) is 10.3. The summed E-state index contributed by atoms with van der Waals surface area (Å²) in [6.45, 7) is 3.86. The van der Waals surface area contributed by atoms with Crippen molar-refractivity contribution in [3.05, 3.63) is 69.9 Å². The number of aryl methyl sites for hydroxylation is 1. The van der Waals surface area contributed by atoms with E-state index in [0.29, 0.717) is 30.5 Å². The summed E-state index contributed by atoms with van der Waals surface area (Å²) in [6.07, 6.45) is 1.05. The Morgan fingerprint density at radius 2 is 2.00 bits per heavy atom. The molecular weight excluding hydrogens is 405 g/mol. The molecule has 1 atom stereocenters. The first-order chi connectivity index (χ1) is 12.0. The third kappa shape index (κ3) is 4.42. The molecule has 2 aromatic rings. The number of halogens is 1. The summed E-state index contributed by atoms with van der Waals surface area (Å²) in [4.78, 5) is 0. The molecule has 0 saturated heterocycles. The van der Waals surface area contributed by atoms with Gasteiger partial charge in [0, 0.05) is 0 Å². The number of allylic oxidation sites excluding steroid dienone is 1. The van der Waals surface area contributed by atoms with Crippen molar-refractivity contribution in [1.82, 2.24) is 0 Å². The second-order valence-electron chi connectivity index (χ2n) is 5.72. The Hall–Kier alpha value is -1.38. The van der Waals surface area contributed by atoms with E-state index in [-0.39, 0.29) is 20.8 Å². The Kier molecular flexibility index (Phi) is 5.81. The van der Waals surface area contributed by atoms with Crippen molar-refractivity contribution in [3.8, 4) is 0 Å². The Balaban J connectivity index is 2.02. The summed E-state index contributed by atoms with van der Waals surface area (Å²) in [7, 11) is -3.15. The van der Waals surface area contributed by atoms with Crippen molar-refractivity contribution in [2.45, 2.75) is 20.3 Å². The van der Waals surface area contributed by atoms with Crippen LogP contribution in [0.5, 0.6) is 0 Å². The fraction of sp³-hybridized carbons (Fsp3) is 0.263. The third-order valence-corrected chi connectivity index (χ3v) is 8.11. The van der Waals surface area contributed by atoms with E-state index in [0.717, 1.165) is 10.0 Å². The fourth-order valence-electron chi connectivity index (χ4n) is 2.60. The zero-order valence-electron chi connectivity index (χ0n) is 14.2. The van der Waals surface area contributed by atoms with Gasteiger partial charge in [-0.2, -0.15) is 0 Å². The molecule has 1 aliphatic heterocycles. The van der Waals surface area contributed by atoms with E-state index in [1.54, 1.807) is 26.0 Å². The van der Waals surface area contributed by atoms with Crippen molar-refractivity contribution < 1.29 is 18.0 Å². The summed E-state index contributed by atoms with van der Waals surface area (Å²) in [5.41, 5.74) is 1.29. The average Bonchev–Trinajstić information content (AvgIpc) is 2.60. The Morgan fingerprint density at radius 1 is 1.24 bits per heavy atom. The summed E-state index contributed by atoms with van der Waals surface area (Å²) >= 11 is 0.0519. The van der Waals surface area contributed by atoms with Crippen LogP contribution in [0.25, 0.3) is 5.76 Å². The minimum atomic E-state index is -3.15. The molecule has 1 aliphatic rings. The zero-order chi connectivity index (χ0) is 17.9. The van der Waals surface area contributed by atoms with Gasteiger partial charge in [-0.1, -0.05) is 0 Å². The van der Waals surface area contributed by atoms with Crippen molar-refractivity contribution >= 4 is 32.8 Å². The van der Waals surface area contributed by atoms with Gasteiger partial charge in [0.15, 0.2) is 0 Å². The minimum absolute atomic E-state index is 0.0519. The van der Waals surface area contributed by atoms with Crippen molar-refractivity contribution in [2.75, 3.05) is 12.8 Å². The van der Waals surface area contributed by atoms with Gasteiger partial charge >= 0.3 is 154 Å². The zero-order valence-corrected chi connectivity index (χ0v) is 16.8. The van der Waals surface area contributed by atoms with E-state index in [9.17, 15) is 8.96 Å². The van der Waals surface area contributed by atoms with Crippen molar-refractivity contribution in [1.29, 1.82) is 0 Å². The maximum atomic E-state index is 13.7. The van der Waals surface area contributed by atoms with Gasteiger partial charge in [-0.05, 0) is 0 Å². The van der Waals surface area contributed by atoms with Crippen LogP contribution in [-0.2, 0) is 13.6 Å². The molecule has 0 spiro atoms. The van der Waals surface area contributed by atoms with Crippen LogP contribution in [0.1, 0.15) is 24.5 Å². The number of hydrogen-bond donors (Lipinski definition) is 0. The Labute approximate surface area is 153 Å². The monoisotopic (exact) mass is 426 g/mol. The van der Waals surface area contributed by atoms with Crippen LogP contribution in [0.3, 0.4) is 0 Å². The van der Waals surface area contributed by atoms with E-state index < -0.39 is 7.60 Å². The maximum absolute atomic E-state index is 13.7. The fourth-order valence-corrected chi connectivity index (χ4v) is 6.91. The molecule has 0 bridgehead atoms. The van der Waals surface area contributed by atoms with Crippen LogP contribution >= 0.6 is 7.60 Å².